The van der Waals surface area contributed by atoms with Gasteiger partial charge in [-0.2, -0.15) is 12.6 Å². The predicted octanol–water partition coefficient (Wildman–Crippen LogP) is 1.87. The zero-order valence-corrected chi connectivity index (χ0v) is 10.6. The minimum absolute atomic E-state index is 0.878. The van der Waals surface area contributed by atoms with E-state index in [1.807, 2.05) is 0 Å². The lowest BCUT2D eigenvalue weighted by Gasteiger charge is -2.25. The molecule has 2 heterocycles. The number of hydrogen-bond acceptors (Lipinski definition) is 3. The van der Waals surface area contributed by atoms with Crippen LogP contribution in [-0.2, 0) is 0 Å². The molecule has 3 heteroatoms. The minimum atomic E-state index is 0.878. The van der Waals surface area contributed by atoms with E-state index in [1.54, 1.807) is 0 Å². The topological polar surface area (TPSA) is 6.48 Å². The number of unbranched alkanes of at least 4 members (excludes halogenated alkanes) is 1. The summed E-state index contributed by atoms with van der Waals surface area (Å²) in [5, 5.41) is 0. The maximum Gasteiger partial charge on any atom is 0.0223 e. The lowest BCUT2D eigenvalue weighted by molar-refractivity contribution is 0.218. The van der Waals surface area contributed by atoms with Gasteiger partial charge in [0, 0.05) is 12.6 Å². The van der Waals surface area contributed by atoms with Crippen LogP contribution in [0.4, 0.5) is 0 Å². The van der Waals surface area contributed by atoms with E-state index in [-0.39, 0.29) is 0 Å². The number of thiol groups is 1. The highest BCUT2D eigenvalue weighted by atomic mass is 32.1. The van der Waals surface area contributed by atoms with Crippen LogP contribution in [0.3, 0.4) is 0 Å². The molecule has 0 saturated carbocycles. The molecular weight excluding hydrogens is 204 g/mol. The summed E-state index contributed by atoms with van der Waals surface area (Å²) >= 11 is 4.27. The summed E-state index contributed by atoms with van der Waals surface area (Å²) in [4.78, 5) is 5.39. The van der Waals surface area contributed by atoms with Crippen molar-refractivity contribution < 1.29 is 0 Å². The molecule has 1 atom stereocenters. The summed E-state index contributed by atoms with van der Waals surface area (Å²) in [6.07, 6.45) is 6.83. The first-order chi connectivity index (χ1) is 7.40. The Bertz CT molecular complexity index is 186. The molecule has 2 rings (SSSR count). The fourth-order valence-electron chi connectivity index (χ4n) is 2.93. The van der Waals surface area contributed by atoms with Crippen LogP contribution in [0.1, 0.15) is 32.1 Å². The second kappa shape index (κ2) is 6.12. The van der Waals surface area contributed by atoms with Gasteiger partial charge in [-0.15, -0.1) is 0 Å². The van der Waals surface area contributed by atoms with Gasteiger partial charge in [0.15, 0.2) is 0 Å². The average molecular weight is 228 g/mol. The Morgan fingerprint density at radius 1 is 1.07 bits per heavy atom. The number of fused-ring (bicyclic) bond motifs is 1. The van der Waals surface area contributed by atoms with Crippen molar-refractivity contribution in [3.63, 3.8) is 0 Å². The third-order valence-electron chi connectivity index (χ3n) is 3.77. The molecule has 2 aliphatic rings. The normalized spacial score (nSPS) is 29.0. The van der Waals surface area contributed by atoms with Gasteiger partial charge in [0.25, 0.3) is 0 Å². The van der Waals surface area contributed by atoms with Gasteiger partial charge in [-0.05, 0) is 64.0 Å². The molecule has 2 nitrogen and oxygen atoms in total. The molecule has 2 fully saturated rings. The Kier molecular flexibility index (Phi) is 4.79. The Morgan fingerprint density at radius 2 is 1.93 bits per heavy atom. The van der Waals surface area contributed by atoms with Crippen LogP contribution in [0, 0.1) is 0 Å². The first-order valence-corrected chi connectivity index (χ1v) is 7.10. The van der Waals surface area contributed by atoms with Gasteiger partial charge in [-0.1, -0.05) is 0 Å². The Morgan fingerprint density at radius 3 is 2.80 bits per heavy atom. The molecule has 2 saturated heterocycles. The highest BCUT2D eigenvalue weighted by Crippen LogP contribution is 2.21. The summed E-state index contributed by atoms with van der Waals surface area (Å²) in [5.74, 6) is 1.05. The molecular formula is C12H24N2S. The molecule has 0 radical (unpaired) electrons. The maximum atomic E-state index is 4.27. The van der Waals surface area contributed by atoms with Crippen molar-refractivity contribution >= 4 is 12.6 Å². The van der Waals surface area contributed by atoms with Crippen LogP contribution < -0.4 is 0 Å². The van der Waals surface area contributed by atoms with E-state index < -0.39 is 0 Å². The van der Waals surface area contributed by atoms with Crippen molar-refractivity contribution in [1.29, 1.82) is 0 Å². The van der Waals surface area contributed by atoms with Crippen molar-refractivity contribution in [1.82, 2.24) is 9.80 Å². The van der Waals surface area contributed by atoms with Gasteiger partial charge in [-0.3, -0.25) is 4.90 Å². The summed E-state index contributed by atoms with van der Waals surface area (Å²) in [7, 11) is 0. The fourth-order valence-corrected chi connectivity index (χ4v) is 3.16. The van der Waals surface area contributed by atoms with Gasteiger partial charge >= 0.3 is 0 Å². The maximum absolute atomic E-state index is 4.27. The van der Waals surface area contributed by atoms with E-state index in [0.717, 1.165) is 11.8 Å². The second-order valence-corrected chi connectivity index (χ2v) is 5.36. The third-order valence-corrected chi connectivity index (χ3v) is 4.09. The van der Waals surface area contributed by atoms with E-state index >= 15 is 0 Å². The van der Waals surface area contributed by atoms with Crippen LogP contribution >= 0.6 is 12.6 Å². The summed E-state index contributed by atoms with van der Waals surface area (Å²) < 4.78 is 0. The van der Waals surface area contributed by atoms with Gasteiger partial charge in [-0.25, -0.2) is 0 Å². The SMILES string of the molecule is SCCCCN1CCCN2CCCC2C1. The lowest BCUT2D eigenvalue weighted by Crippen LogP contribution is -2.37. The molecule has 0 aromatic carbocycles. The molecule has 0 aliphatic carbocycles. The monoisotopic (exact) mass is 228 g/mol. The molecule has 0 aromatic heterocycles. The highest BCUT2D eigenvalue weighted by molar-refractivity contribution is 7.80. The standard InChI is InChI=1S/C12H24N2S/c15-10-2-1-6-13-7-4-9-14-8-3-5-12(14)11-13/h12,15H,1-11H2. The summed E-state index contributed by atoms with van der Waals surface area (Å²) in [5.41, 5.74) is 0. The summed E-state index contributed by atoms with van der Waals surface area (Å²) in [6.45, 7) is 6.64. The second-order valence-electron chi connectivity index (χ2n) is 4.92. The fraction of sp³-hybridized carbons (Fsp3) is 1.00. The van der Waals surface area contributed by atoms with E-state index in [9.17, 15) is 0 Å². The Balaban J connectivity index is 1.75. The van der Waals surface area contributed by atoms with E-state index in [1.165, 1.54) is 64.8 Å². The first-order valence-electron chi connectivity index (χ1n) is 6.47. The number of rotatable bonds is 4. The van der Waals surface area contributed by atoms with Crippen molar-refractivity contribution in [2.45, 2.75) is 38.1 Å². The van der Waals surface area contributed by atoms with E-state index in [4.69, 9.17) is 0 Å². The zero-order chi connectivity index (χ0) is 10.5. The van der Waals surface area contributed by atoms with Crippen LogP contribution in [0.15, 0.2) is 0 Å². The van der Waals surface area contributed by atoms with Crippen molar-refractivity contribution in [3.05, 3.63) is 0 Å². The Labute approximate surface area is 99.4 Å². The van der Waals surface area contributed by atoms with Gasteiger partial charge in [0.2, 0.25) is 0 Å². The quantitative estimate of drug-likeness (QED) is 0.580. The number of nitrogens with zero attached hydrogens (tertiary/aromatic N) is 2. The lowest BCUT2D eigenvalue weighted by atomic mass is 10.2. The van der Waals surface area contributed by atoms with Crippen LogP contribution in [0.5, 0.6) is 0 Å². The first kappa shape index (κ1) is 11.7. The average Bonchev–Trinajstić information content (AvgIpc) is 2.58. The van der Waals surface area contributed by atoms with Crippen molar-refractivity contribution in [3.8, 4) is 0 Å². The van der Waals surface area contributed by atoms with E-state index in [0.29, 0.717) is 0 Å². The molecule has 1 unspecified atom stereocenters. The molecule has 0 bridgehead atoms. The van der Waals surface area contributed by atoms with Crippen LogP contribution in [0.25, 0.3) is 0 Å². The van der Waals surface area contributed by atoms with Crippen molar-refractivity contribution in [2.24, 2.45) is 0 Å². The molecule has 88 valence electrons. The van der Waals surface area contributed by atoms with Crippen LogP contribution in [0.2, 0.25) is 0 Å². The minimum Gasteiger partial charge on any atom is -0.302 e. The molecule has 15 heavy (non-hydrogen) atoms. The largest absolute Gasteiger partial charge is 0.302 e. The van der Waals surface area contributed by atoms with Gasteiger partial charge in [0.05, 0.1) is 0 Å². The molecule has 0 aromatic rings. The third kappa shape index (κ3) is 3.36. The predicted molar refractivity (Wildman–Crippen MR) is 68.7 cm³/mol. The smallest absolute Gasteiger partial charge is 0.0223 e. The van der Waals surface area contributed by atoms with Gasteiger partial charge in [0.1, 0.15) is 0 Å². The van der Waals surface area contributed by atoms with Crippen LogP contribution in [-0.4, -0.2) is 54.3 Å². The molecule has 0 amide bonds. The molecule has 0 spiro atoms. The molecule has 2 aliphatic heterocycles. The molecule has 0 N–H and O–H groups in total. The number of hydrogen-bond donors (Lipinski definition) is 1. The zero-order valence-electron chi connectivity index (χ0n) is 9.70. The van der Waals surface area contributed by atoms with Crippen molar-refractivity contribution in [2.75, 3.05) is 38.5 Å². The summed E-state index contributed by atoms with van der Waals surface area (Å²) in [6, 6.07) is 0.878. The Hall–Kier alpha value is 0.270. The van der Waals surface area contributed by atoms with E-state index in [2.05, 4.69) is 22.4 Å². The highest BCUT2D eigenvalue weighted by Gasteiger charge is 2.28. The van der Waals surface area contributed by atoms with Gasteiger partial charge < -0.3 is 4.90 Å².